The van der Waals surface area contributed by atoms with Gasteiger partial charge in [0.05, 0.1) is 15.7 Å². The van der Waals surface area contributed by atoms with E-state index in [1.165, 1.54) is 0 Å². The molecule has 0 amide bonds. The summed E-state index contributed by atoms with van der Waals surface area (Å²) < 4.78 is 39.1. The first-order valence-electron chi connectivity index (χ1n) is 6.44. The number of benzene rings is 1. The Bertz CT molecular complexity index is 578. The van der Waals surface area contributed by atoms with Gasteiger partial charge in [0, 0.05) is 5.92 Å². The Morgan fingerprint density at radius 2 is 2.05 bits per heavy atom. The second-order valence-electron chi connectivity index (χ2n) is 5.72. The monoisotopic (exact) mass is 423 g/mol. The van der Waals surface area contributed by atoms with Crippen LogP contribution >= 0.6 is 15.9 Å². The third-order valence-corrected chi connectivity index (χ3v) is 5.20. The van der Waals surface area contributed by atoms with E-state index in [0.29, 0.717) is 11.5 Å². The first-order chi connectivity index (χ1) is 9.81. The summed E-state index contributed by atoms with van der Waals surface area (Å²) in [4.78, 5) is 0. The fourth-order valence-electron chi connectivity index (χ4n) is 2.98. The zero-order chi connectivity index (χ0) is 15.4. The van der Waals surface area contributed by atoms with E-state index in [9.17, 15) is 8.40 Å². The minimum atomic E-state index is -3.29. The van der Waals surface area contributed by atoms with E-state index in [4.69, 9.17) is 13.3 Å². The molecule has 0 spiro atoms. The van der Waals surface area contributed by atoms with Crippen molar-refractivity contribution in [2.75, 3.05) is 12.1 Å². The number of nitrogens with one attached hydrogen (secondary N) is 1. The lowest BCUT2D eigenvalue weighted by molar-refractivity contribution is -1.63. The van der Waals surface area contributed by atoms with Crippen molar-refractivity contribution < 1.29 is 36.5 Å². The van der Waals surface area contributed by atoms with Crippen molar-refractivity contribution in [2.24, 2.45) is 0 Å². The molecule has 116 valence electrons. The van der Waals surface area contributed by atoms with Crippen molar-refractivity contribution in [3.8, 4) is 11.5 Å². The van der Waals surface area contributed by atoms with Crippen LogP contribution in [-0.4, -0.2) is 18.4 Å². The van der Waals surface area contributed by atoms with Crippen molar-refractivity contribution in [3.63, 3.8) is 0 Å². The summed E-state index contributed by atoms with van der Waals surface area (Å²) in [6, 6.07) is 1.92. The van der Waals surface area contributed by atoms with Crippen LogP contribution in [0.1, 0.15) is 32.3 Å². The average Bonchev–Trinajstić information content (AvgIpc) is 2.86. The van der Waals surface area contributed by atoms with E-state index in [-0.39, 0.29) is 12.7 Å². The number of halogens is 2. The fraction of sp³-hybridized carbons (Fsp3) is 0.538. The largest absolute Gasteiger partial charge is 0.452 e. The molecule has 2 atom stereocenters. The van der Waals surface area contributed by atoms with E-state index >= 15 is 0 Å². The molecule has 0 saturated carbocycles. The summed E-state index contributed by atoms with van der Waals surface area (Å²) >= 11 is 0.174. The van der Waals surface area contributed by atoms with E-state index in [1.54, 1.807) is 0 Å². The molecular weight excluding hydrogens is 410 g/mol. The molecule has 2 unspecified atom stereocenters. The topological polar surface area (TPSA) is 85.8 Å². The molecule has 2 aliphatic rings. The zero-order valence-corrected chi connectivity index (χ0v) is 14.9. The third-order valence-electron chi connectivity index (χ3n) is 3.90. The van der Waals surface area contributed by atoms with Gasteiger partial charge in [0.1, 0.15) is 0 Å². The molecular formula is C13H15Br2NO5. The van der Waals surface area contributed by atoms with Crippen LogP contribution in [-0.2, 0) is 3.83 Å². The first-order valence-corrected chi connectivity index (χ1v) is 9.17. The molecule has 0 saturated heterocycles. The Balaban J connectivity index is 2.09. The Hall–Kier alpha value is -0.540. The highest BCUT2D eigenvalue weighted by atomic mass is 80.0. The van der Waals surface area contributed by atoms with E-state index in [2.05, 4.69) is 21.2 Å². The average molecular weight is 425 g/mol. The number of ether oxygens (including phenoxy) is 2. The Morgan fingerprint density at radius 3 is 2.71 bits per heavy atom. The van der Waals surface area contributed by atoms with Crippen molar-refractivity contribution in [1.29, 1.82) is 0 Å². The maximum atomic E-state index is 11.0. The van der Waals surface area contributed by atoms with Gasteiger partial charge >= 0.3 is 14.8 Å². The number of hydrogen-bond donors (Lipinski definition) is 1. The normalized spacial score (nSPS) is 25.7. The molecule has 0 radical (unpaired) electrons. The number of rotatable bonds is 2. The van der Waals surface area contributed by atoms with Gasteiger partial charge in [0.15, 0.2) is 17.6 Å². The summed E-state index contributed by atoms with van der Waals surface area (Å²) in [5, 5.41) is 3.34. The van der Waals surface area contributed by atoms with Gasteiger partial charge in [-0.25, -0.2) is 0 Å². The molecule has 3 rings (SSSR count). The van der Waals surface area contributed by atoms with Crippen molar-refractivity contribution in [2.45, 2.75) is 38.3 Å². The minimum absolute atomic E-state index is 0.106. The smallest absolute Gasteiger partial charge is 0.436 e. The molecule has 0 aromatic heterocycles. The Kier molecular flexibility index (Phi) is 3.86. The SMILES string of the molecule is CC1c2cc(Br)c3c(c2NC(C)(C)C1O[Br+2]([O-])[O-])OCO3. The van der Waals surface area contributed by atoms with Crippen LogP contribution in [0.3, 0.4) is 0 Å². The highest BCUT2D eigenvalue weighted by Gasteiger charge is 2.48. The van der Waals surface area contributed by atoms with Crippen molar-refractivity contribution in [1.82, 2.24) is 0 Å². The highest BCUT2D eigenvalue weighted by molar-refractivity contribution is 9.10. The molecule has 2 aliphatic heterocycles. The molecule has 21 heavy (non-hydrogen) atoms. The molecule has 1 aromatic carbocycles. The maximum Gasteiger partial charge on any atom is 0.436 e. The maximum absolute atomic E-state index is 11.0. The quantitative estimate of drug-likeness (QED) is 0.760. The second kappa shape index (κ2) is 5.27. The number of anilines is 1. The van der Waals surface area contributed by atoms with Crippen LogP contribution in [0.5, 0.6) is 11.5 Å². The van der Waals surface area contributed by atoms with Crippen LogP contribution < -0.4 is 23.2 Å². The van der Waals surface area contributed by atoms with Gasteiger partial charge in [0.25, 0.3) is 0 Å². The van der Waals surface area contributed by atoms with Crippen LogP contribution in [0, 0.1) is 14.8 Å². The van der Waals surface area contributed by atoms with Gasteiger partial charge in [-0.1, -0.05) is 6.92 Å². The first kappa shape index (κ1) is 15.4. The number of hydrogen-bond acceptors (Lipinski definition) is 6. The predicted octanol–water partition coefficient (Wildman–Crippen LogP) is 0.957. The molecule has 6 nitrogen and oxygen atoms in total. The molecule has 2 heterocycles. The van der Waals surface area contributed by atoms with Gasteiger partial charge in [-0.3, -0.25) is 0 Å². The lowest BCUT2D eigenvalue weighted by Crippen LogP contribution is -2.54. The standard InChI is InChI=1S/C13H15Br2NO5/c1-6-7-4-8(14)10-11(20-5-19-10)9(7)16-13(2,3)12(6)21-15(17)18/h4,6,12,16H,5H2,1-3H3. The third kappa shape index (κ3) is 2.53. The summed E-state index contributed by atoms with van der Waals surface area (Å²) in [5.41, 5.74) is 1.23. The molecule has 8 heteroatoms. The summed E-state index contributed by atoms with van der Waals surface area (Å²) in [6.07, 6.45) is -0.484. The molecule has 1 N–H and O–H groups in total. The Labute approximate surface area is 136 Å². The van der Waals surface area contributed by atoms with E-state index < -0.39 is 26.5 Å². The van der Waals surface area contributed by atoms with E-state index in [0.717, 1.165) is 15.7 Å². The van der Waals surface area contributed by atoms with Gasteiger partial charge in [-0.05, 0) is 45.2 Å². The van der Waals surface area contributed by atoms with Crippen LogP contribution in [0.2, 0.25) is 0 Å². The fourth-order valence-corrected chi connectivity index (χ4v) is 4.64. The van der Waals surface area contributed by atoms with Gasteiger partial charge in [-0.15, -0.1) is 0 Å². The van der Waals surface area contributed by atoms with Gasteiger partial charge in [0.2, 0.25) is 6.79 Å². The van der Waals surface area contributed by atoms with Crippen LogP contribution in [0.15, 0.2) is 10.5 Å². The van der Waals surface area contributed by atoms with Crippen molar-refractivity contribution in [3.05, 3.63) is 16.1 Å². The van der Waals surface area contributed by atoms with Crippen molar-refractivity contribution >= 4 is 21.6 Å². The van der Waals surface area contributed by atoms with Gasteiger partial charge in [-0.2, -0.15) is 0 Å². The summed E-state index contributed by atoms with van der Waals surface area (Å²) in [5.74, 6) is 1.22. The Morgan fingerprint density at radius 1 is 1.38 bits per heavy atom. The highest BCUT2D eigenvalue weighted by Crippen LogP contribution is 2.53. The summed E-state index contributed by atoms with van der Waals surface area (Å²) in [6.45, 7) is 5.94. The number of fused-ring (bicyclic) bond motifs is 3. The molecule has 1 aromatic rings. The van der Waals surface area contributed by atoms with Crippen LogP contribution in [0.25, 0.3) is 0 Å². The lowest BCUT2D eigenvalue weighted by atomic mass is 9.79. The minimum Gasteiger partial charge on any atom is -0.452 e. The van der Waals surface area contributed by atoms with Gasteiger partial charge < -0.3 is 23.2 Å². The molecule has 0 fully saturated rings. The molecule has 0 aliphatic carbocycles. The summed E-state index contributed by atoms with van der Waals surface area (Å²) in [7, 11) is 0. The molecule has 0 bridgehead atoms. The predicted molar refractivity (Wildman–Crippen MR) is 71.3 cm³/mol. The second-order valence-corrected chi connectivity index (χ2v) is 7.74. The van der Waals surface area contributed by atoms with Crippen LogP contribution in [0.4, 0.5) is 5.69 Å². The lowest BCUT2D eigenvalue weighted by Gasteiger charge is -2.41. The zero-order valence-electron chi connectivity index (χ0n) is 11.7. The van der Waals surface area contributed by atoms with E-state index in [1.807, 2.05) is 26.8 Å².